The summed E-state index contributed by atoms with van der Waals surface area (Å²) in [5, 5.41) is 1.69. The number of thioether (sulfide) groups is 1. The van der Waals surface area contributed by atoms with Gasteiger partial charge in [-0.3, -0.25) is 4.98 Å². The van der Waals surface area contributed by atoms with Crippen LogP contribution in [0.25, 0.3) is 10.9 Å². The first-order valence-electron chi connectivity index (χ1n) is 5.67. The predicted molar refractivity (Wildman–Crippen MR) is 75.9 cm³/mol. The van der Waals surface area contributed by atoms with Crippen LogP contribution >= 0.6 is 27.7 Å². The molecule has 2 aromatic rings. The fraction of sp³-hybridized carbons (Fsp3) is 0.308. The summed E-state index contributed by atoms with van der Waals surface area (Å²) in [4.78, 5) is 4.99. The lowest BCUT2D eigenvalue weighted by atomic mass is 10.1. The van der Waals surface area contributed by atoms with E-state index < -0.39 is 11.7 Å². The van der Waals surface area contributed by atoms with Gasteiger partial charge in [-0.2, -0.15) is 13.2 Å². The lowest BCUT2D eigenvalue weighted by Crippen LogP contribution is -2.04. The van der Waals surface area contributed by atoms with Crippen LogP contribution < -0.4 is 0 Å². The van der Waals surface area contributed by atoms with Gasteiger partial charge in [0.15, 0.2) is 0 Å². The third-order valence-electron chi connectivity index (χ3n) is 2.57. The Labute approximate surface area is 121 Å². The zero-order valence-corrected chi connectivity index (χ0v) is 12.3. The minimum atomic E-state index is -4.32. The average Bonchev–Trinajstić information content (AvgIpc) is 2.37. The molecule has 0 spiro atoms. The predicted octanol–water partition coefficient (Wildman–Crippen LogP) is 5.13. The largest absolute Gasteiger partial charge is 0.416 e. The van der Waals surface area contributed by atoms with Crippen molar-refractivity contribution in [3.8, 4) is 0 Å². The standard InChI is InChI=1S/C13H11BrF3NS/c14-5-1-7-19-12-4-6-18-11-8-9(13(15,16)17)2-3-10(11)12/h2-4,6,8H,1,5,7H2. The molecule has 0 N–H and O–H groups in total. The van der Waals surface area contributed by atoms with Crippen LogP contribution in [0, 0.1) is 0 Å². The molecule has 0 radical (unpaired) electrons. The van der Waals surface area contributed by atoms with Crippen LogP contribution in [0.4, 0.5) is 13.2 Å². The molecule has 1 nitrogen and oxygen atoms in total. The summed E-state index contributed by atoms with van der Waals surface area (Å²) in [5.74, 6) is 0.922. The Morgan fingerprint density at radius 3 is 2.68 bits per heavy atom. The molecule has 0 aliphatic heterocycles. The van der Waals surface area contributed by atoms with Gasteiger partial charge in [-0.15, -0.1) is 11.8 Å². The second kappa shape index (κ2) is 6.13. The van der Waals surface area contributed by atoms with Gasteiger partial charge in [0, 0.05) is 21.8 Å². The van der Waals surface area contributed by atoms with E-state index in [1.165, 1.54) is 6.07 Å². The summed E-state index contributed by atoms with van der Waals surface area (Å²) in [7, 11) is 0. The highest BCUT2D eigenvalue weighted by atomic mass is 79.9. The monoisotopic (exact) mass is 349 g/mol. The van der Waals surface area contributed by atoms with Gasteiger partial charge >= 0.3 is 6.18 Å². The van der Waals surface area contributed by atoms with Gasteiger partial charge in [-0.05, 0) is 30.4 Å². The highest BCUT2D eigenvalue weighted by Crippen LogP contribution is 2.33. The highest BCUT2D eigenvalue weighted by Gasteiger charge is 2.30. The van der Waals surface area contributed by atoms with Gasteiger partial charge < -0.3 is 0 Å². The van der Waals surface area contributed by atoms with Crippen LogP contribution in [0.3, 0.4) is 0 Å². The summed E-state index contributed by atoms with van der Waals surface area (Å²) in [6.45, 7) is 0. The van der Waals surface area contributed by atoms with E-state index in [4.69, 9.17) is 0 Å². The lowest BCUT2D eigenvalue weighted by Gasteiger charge is -2.09. The molecule has 1 aromatic carbocycles. The van der Waals surface area contributed by atoms with Crippen molar-refractivity contribution in [2.24, 2.45) is 0 Å². The molecule has 2 rings (SSSR count). The van der Waals surface area contributed by atoms with Crippen LogP contribution in [0.2, 0.25) is 0 Å². The fourth-order valence-electron chi connectivity index (χ4n) is 1.66. The summed E-state index contributed by atoms with van der Waals surface area (Å²) in [6, 6.07) is 5.55. The number of alkyl halides is 4. The molecule has 0 bridgehead atoms. The van der Waals surface area contributed by atoms with Crippen molar-refractivity contribution in [2.45, 2.75) is 17.5 Å². The number of hydrogen-bond acceptors (Lipinski definition) is 2. The van der Waals surface area contributed by atoms with E-state index in [0.717, 1.165) is 39.9 Å². The minimum Gasteiger partial charge on any atom is -0.256 e. The van der Waals surface area contributed by atoms with Gasteiger partial charge in [-0.25, -0.2) is 0 Å². The van der Waals surface area contributed by atoms with E-state index in [1.807, 2.05) is 6.07 Å². The first-order valence-corrected chi connectivity index (χ1v) is 7.78. The number of nitrogens with zero attached hydrogens (tertiary/aromatic N) is 1. The van der Waals surface area contributed by atoms with Crippen LogP contribution in [0.15, 0.2) is 35.4 Å². The molecular formula is C13H11BrF3NS. The van der Waals surface area contributed by atoms with Gasteiger partial charge in [0.05, 0.1) is 11.1 Å². The third-order valence-corrected chi connectivity index (χ3v) is 4.29. The maximum Gasteiger partial charge on any atom is 0.416 e. The van der Waals surface area contributed by atoms with E-state index >= 15 is 0 Å². The van der Waals surface area contributed by atoms with E-state index in [9.17, 15) is 13.2 Å². The second-order valence-electron chi connectivity index (χ2n) is 3.93. The van der Waals surface area contributed by atoms with E-state index in [0.29, 0.717) is 5.52 Å². The first-order chi connectivity index (χ1) is 9.02. The molecule has 0 atom stereocenters. The Morgan fingerprint density at radius 1 is 1.21 bits per heavy atom. The van der Waals surface area contributed by atoms with Crippen molar-refractivity contribution >= 4 is 38.6 Å². The highest BCUT2D eigenvalue weighted by molar-refractivity contribution is 9.09. The van der Waals surface area contributed by atoms with E-state index in [1.54, 1.807) is 18.0 Å². The Kier molecular flexibility index (Phi) is 4.73. The topological polar surface area (TPSA) is 12.9 Å². The normalized spacial score (nSPS) is 12.0. The lowest BCUT2D eigenvalue weighted by molar-refractivity contribution is -0.137. The van der Waals surface area contributed by atoms with E-state index in [-0.39, 0.29) is 0 Å². The molecule has 0 saturated carbocycles. The van der Waals surface area contributed by atoms with Gasteiger partial charge in [-0.1, -0.05) is 22.0 Å². The quantitative estimate of drug-likeness (QED) is 0.431. The Bertz CT molecular complexity index is 571. The van der Waals surface area contributed by atoms with Crippen LogP contribution in [-0.4, -0.2) is 16.1 Å². The van der Waals surface area contributed by atoms with Gasteiger partial charge in [0.25, 0.3) is 0 Å². The number of benzene rings is 1. The molecule has 102 valence electrons. The number of halogens is 4. The van der Waals surface area contributed by atoms with E-state index in [2.05, 4.69) is 20.9 Å². The molecule has 0 aliphatic carbocycles. The van der Waals surface area contributed by atoms with Crippen molar-refractivity contribution in [3.05, 3.63) is 36.0 Å². The zero-order valence-electron chi connectivity index (χ0n) is 9.88. The number of hydrogen-bond donors (Lipinski definition) is 0. The maximum atomic E-state index is 12.6. The van der Waals surface area contributed by atoms with Crippen molar-refractivity contribution in [1.82, 2.24) is 4.98 Å². The second-order valence-corrected chi connectivity index (χ2v) is 5.86. The molecular weight excluding hydrogens is 339 g/mol. The van der Waals surface area contributed by atoms with Crippen molar-refractivity contribution in [3.63, 3.8) is 0 Å². The molecule has 0 unspecified atom stereocenters. The third kappa shape index (κ3) is 3.63. The molecule has 0 fully saturated rings. The average molecular weight is 350 g/mol. The molecule has 0 amide bonds. The Morgan fingerprint density at radius 2 is 2.00 bits per heavy atom. The van der Waals surface area contributed by atoms with Gasteiger partial charge in [0.1, 0.15) is 0 Å². The van der Waals surface area contributed by atoms with Crippen molar-refractivity contribution < 1.29 is 13.2 Å². The van der Waals surface area contributed by atoms with Crippen LogP contribution in [0.5, 0.6) is 0 Å². The Balaban J connectivity index is 2.35. The molecule has 0 saturated heterocycles. The number of pyridine rings is 1. The summed E-state index contributed by atoms with van der Waals surface area (Å²) >= 11 is 4.99. The van der Waals surface area contributed by atoms with Gasteiger partial charge in [0.2, 0.25) is 0 Å². The number of rotatable bonds is 4. The summed E-state index contributed by atoms with van der Waals surface area (Å²) in [5.41, 5.74) is -0.270. The van der Waals surface area contributed by atoms with Crippen molar-refractivity contribution in [2.75, 3.05) is 11.1 Å². The summed E-state index contributed by atoms with van der Waals surface area (Å²) < 4.78 is 37.9. The van der Waals surface area contributed by atoms with Crippen LogP contribution in [0.1, 0.15) is 12.0 Å². The van der Waals surface area contributed by atoms with Crippen LogP contribution in [-0.2, 0) is 6.18 Å². The molecule has 6 heteroatoms. The van der Waals surface area contributed by atoms with Crippen molar-refractivity contribution in [1.29, 1.82) is 0 Å². The molecule has 1 aromatic heterocycles. The summed E-state index contributed by atoms with van der Waals surface area (Å²) in [6.07, 6.45) is -1.76. The minimum absolute atomic E-state index is 0.388. The molecule has 1 heterocycles. The smallest absolute Gasteiger partial charge is 0.256 e. The zero-order chi connectivity index (χ0) is 13.9. The molecule has 0 aliphatic rings. The SMILES string of the molecule is FC(F)(F)c1ccc2c(SCCCBr)ccnc2c1. The number of fused-ring (bicyclic) bond motifs is 1. The maximum absolute atomic E-state index is 12.6. The first kappa shape index (κ1) is 14.7. The molecule has 19 heavy (non-hydrogen) atoms. The fourth-order valence-corrected chi connectivity index (χ4v) is 3.31. The number of aromatic nitrogens is 1. The Hall–Kier alpha value is -0.750.